The number of hydrogen-bond acceptors (Lipinski definition) is 5. The van der Waals surface area contributed by atoms with Gasteiger partial charge in [-0.05, 0) is 54.8 Å². The van der Waals surface area contributed by atoms with Crippen LogP contribution in [0.5, 0.6) is 0 Å². The molecule has 8 atom stereocenters. The zero-order valence-corrected chi connectivity index (χ0v) is 17.6. The van der Waals surface area contributed by atoms with Gasteiger partial charge < -0.3 is 14.9 Å². The molecular weight excluding hydrogens is 356 g/mol. The molecule has 4 fully saturated rings. The van der Waals surface area contributed by atoms with Crippen molar-refractivity contribution >= 4 is 11.8 Å². The number of hydrogen-bond donors (Lipinski definition) is 2. The van der Waals surface area contributed by atoms with Gasteiger partial charge in [0.2, 0.25) is 0 Å². The summed E-state index contributed by atoms with van der Waals surface area (Å²) in [5.74, 6) is 0.0940. The minimum absolute atomic E-state index is 0.0290. The van der Waals surface area contributed by atoms with Crippen LogP contribution >= 0.6 is 0 Å². The van der Waals surface area contributed by atoms with Crippen LogP contribution in [-0.2, 0) is 14.3 Å². The molecule has 0 aromatic heterocycles. The molecule has 0 radical (unpaired) electrons. The molecule has 28 heavy (non-hydrogen) atoms. The number of carbonyl (C=O) groups excluding carboxylic acids is 2. The Bertz CT molecular complexity index is 745. The van der Waals surface area contributed by atoms with E-state index in [9.17, 15) is 19.8 Å². The van der Waals surface area contributed by atoms with E-state index in [1.807, 2.05) is 0 Å². The van der Waals surface area contributed by atoms with Crippen molar-refractivity contribution in [3.63, 3.8) is 0 Å². The minimum Gasteiger partial charge on any atom is -0.462 e. The van der Waals surface area contributed by atoms with Crippen molar-refractivity contribution < 1.29 is 24.5 Å². The van der Waals surface area contributed by atoms with Gasteiger partial charge in [0, 0.05) is 36.9 Å². The molecule has 0 amide bonds. The normalized spacial score (nSPS) is 52.8. The molecule has 4 rings (SSSR count). The molecule has 5 heteroatoms. The Labute approximate surface area is 167 Å². The third-order valence-electron chi connectivity index (χ3n) is 9.48. The predicted octanol–water partition coefficient (Wildman–Crippen LogP) is 3.03. The van der Waals surface area contributed by atoms with E-state index in [2.05, 4.69) is 27.4 Å². The Morgan fingerprint density at radius 2 is 1.96 bits per heavy atom. The van der Waals surface area contributed by atoms with Crippen molar-refractivity contribution in [2.24, 2.45) is 34.0 Å². The van der Waals surface area contributed by atoms with Crippen molar-refractivity contribution in [1.82, 2.24) is 0 Å². The Balaban J connectivity index is 1.86. The van der Waals surface area contributed by atoms with Gasteiger partial charge in [0.25, 0.3) is 0 Å². The lowest BCUT2D eigenvalue weighted by Gasteiger charge is -2.66. The fourth-order valence-corrected chi connectivity index (χ4v) is 8.04. The first kappa shape index (κ1) is 20.1. The van der Waals surface area contributed by atoms with Crippen LogP contribution < -0.4 is 0 Å². The van der Waals surface area contributed by atoms with E-state index in [0.29, 0.717) is 24.3 Å². The zero-order valence-electron chi connectivity index (χ0n) is 17.6. The Morgan fingerprint density at radius 3 is 2.57 bits per heavy atom. The lowest BCUT2D eigenvalue weighted by molar-refractivity contribution is -0.225. The van der Waals surface area contributed by atoms with Crippen LogP contribution in [0.25, 0.3) is 0 Å². The number of esters is 1. The number of ether oxygens (including phenoxy) is 1. The standard InChI is InChI=1S/C23H34O5/c1-13-6-8-20(4)17(21(13,5)12-24)7-9-22-11-23(27,14(2)19(22)26)10-16(18(20)22)28-15(3)25/h13,16-18,24,27H,2,6-12H2,1,3-5H3. The number of fused-ring (bicyclic) bond motifs is 3. The topological polar surface area (TPSA) is 83.8 Å². The van der Waals surface area contributed by atoms with E-state index in [0.717, 1.165) is 19.3 Å². The number of Topliss-reactive ketones (excluding diaryl/α,β-unsaturated/α-hetero) is 1. The quantitative estimate of drug-likeness (QED) is 0.559. The van der Waals surface area contributed by atoms with Crippen molar-refractivity contribution in [3.8, 4) is 0 Å². The summed E-state index contributed by atoms with van der Waals surface area (Å²) in [7, 11) is 0. The SMILES string of the molecule is C=C1C(=O)C23CCC4C(C)(CO)C(C)CCC4(C)C2C(OC(C)=O)CC1(O)C3. The highest BCUT2D eigenvalue weighted by Crippen LogP contribution is 2.72. The lowest BCUT2D eigenvalue weighted by Crippen LogP contribution is -2.65. The van der Waals surface area contributed by atoms with E-state index in [-0.39, 0.29) is 47.4 Å². The van der Waals surface area contributed by atoms with Gasteiger partial charge in [0.15, 0.2) is 5.78 Å². The van der Waals surface area contributed by atoms with Crippen molar-refractivity contribution in [1.29, 1.82) is 0 Å². The summed E-state index contributed by atoms with van der Waals surface area (Å²) in [5, 5.41) is 21.5. The maximum atomic E-state index is 13.4. The van der Waals surface area contributed by atoms with Gasteiger partial charge in [-0.1, -0.05) is 27.4 Å². The average Bonchev–Trinajstić information content (AvgIpc) is 2.75. The summed E-state index contributed by atoms with van der Waals surface area (Å²) in [6.45, 7) is 12.1. The van der Waals surface area contributed by atoms with Gasteiger partial charge in [-0.25, -0.2) is 0 Å². The Morgan fingerprint density at radius 1 is 1.29 bits per heavy atom. The molecular formula is C23H34O5. The van der Waals surface area contributed by atoms with Gasteiger partial charge in [0.1, 0.15) is 6.10 Å². The molecule has 2 bridgehead atoms. The molecule has 1 spiro atoms. The molecule has 0 aliphatic heterocycles. The fraction of sp³-hybridized carbons (Fsp3) is 0.826. The first-order chi connectivity index (χ1) is 12.9. The van der Waals surface area contributed by atoms with Crippen molar-refractivity contribution in [2.75, 3.05) is 6.61 Å². The van der Waals surface area contributed by atoms with Crippen LogP contribution in [0.3, 0.4) is 0 Å². The first-order valence-corrected chi connectivity index (χ1v) is 10.7. The van der Waals surface area contributed by atoms with Crippen molar-refractivity contribution in [3.05, 3.63) is 12.2 Å². The predicted molar refractivity (Wildman–Crippen MR) is 104 cm³/mol. The van der Waals surface area contributed by atoms with Crippen LogP contribution in [0.4, 0.5) is 0 Å². The molecule has 8 unspecified atom stereocenters. The van der Waals surface area contributed by atoms with Crippen LogP contribution in [0.2, 0.25) is 0 Å². The van der Waals surface area contributed by atoms with Gasteiger partial charge in [-0.15, -0.1) is 0 Å². The Kier molecular flexibility index (Phi) is 4.24. The van der Waals surface area contributed by atoms with Crippen LogP contribution in [0, 0.1) is 34.0 Å². The second kappa shape index (κ2) is 5.91. The molecule has 0 heterocycles. The number of aliphatic hydroxyl groups is 2. The molecule has 156 valence electrons. The second-order valence-electron chi connectivity index (χ2n) is 10.7. The molecule has 0 saturated heterocycles. The summed E-state index contributed by atoms with van der Waals surface area (Å²) in [4.78, 5) is 25.4. The second-order valence-corrected chi connectivity index (χ2v) is 10.7. The highest BCUT2D eigenvalue weighted by atomic mass is 16.5. The molecule has 4 saturated carbocycles. The first-order valence-electron chi connectivity index (χ1n) is 10.7. The average molecular weight is 391 g/mol. The molecule has 4 aliphatic carbocycles. The summed E-state index contributed by atoms with van der Waals surface area (Å²) in [6.07, 6.45) is 3.57. The largest absolute Gasteiger partial charge is 0.462 e. The smallest absolute Gasteiger partial charge is 0.302 e. The van der Waals surface area contributed by atoms with E-state index in [4.69, 9.17) is 4.74 Å². The van der Waals surface area contributed by atoms with E-state index >= 15 is 0 Å². The maximum absolute atomic E-state index is 13.4. The molecule has 0 aromatic rings. The van der Waals surface area contributed by atoms with Gasteiger partial charge >= 0.3 is 5.97 Å². The third kappa shape index (κ3) is 2.26. The van der Waals surface area contributed by atoms with E-state index < -0.39 is 17.1 Å². The monoisotopic (exact) mass is 390 g/mol. The summed E-state index contributed by atoms with van der Waals surface area (Å²) in [5.41, 5.74) is -2.12. The van der Waals surface area contributed by atoms with Crippen LogP contribution in [0.1, 0.15) is 66.2 Å². The fourth-order valence-electron chi connectivity index (χ4n) is 8.04. The third-order valence-corrected chi connectivity index (χ3v) is 9.48. The number of ketones is 1. The van der Waals surface area contributed by atoms with Crippen LogP contribution in [0.15, 0.2) is 12.2 Å². The Hall–Kier alpha value is -1.20. The number of rotatable bonds is 2. The lowest BCUT2D eigenvalue weighted by atomic mass is 9.39. The zero-order chi connectivity index (χ0) is 20.7. The highest BCUT2D eigenvalue weighted by Gasteiger charge is 2.73. The van der Waals surface area contributed by atoms with Gasteiger partial charge in [-0.2, -0.15) is 0 Å². The minimum atomic E-state index is -1.26. The number of aliphatic hydroxyl groups excluding tert-OH is 1. The van der Waals surface area contributed by atoms with E-state index in [1.54, 1.807) is 0 Å². The molecule has 4 aliphatic rings. The molecule has 0 aromatic carbocycles. The van der Waals surface area contributed by atoms with Gasteiger partial charge in [-0.3, -0.25) is 9.59 Å². The van der Waals surface area contributed by atoms with Crippen LogP contribution in [-0.4, -0.2) is 40.3 Å². The maximum Gasteiger partial charge on any atom is 0.302 e. The number of carbonyl (C=O) groups is 2. The highest BCUT2D eigenvalue weighted by molar-refractivity contribution is 6.05. The molecule has 2 N–H and O–H groups in total. The molecule has 5 nitrogen and oxygen atoms in total. The summed E-state index contributed by atoms with van der Waals surface area (Å²) < 4.78 is 5.79. The summed E-state index contributed by atoms with van der Waals surface area (Å²) in [6, 6.07) is 0. The summed E-state index contributed by atoms with van der Waals surface area (Å²) >= 11 is 0. The van der Waals surface area contributed by atoms with Gasteiger partial charge in [0.05, 0.1) is 5.60 Å². The van der Waals surface area contributed by atoms with E-state index in [1.165, 1.54) is 6.92 Å². The van der Waals surface area contributed by atoms with Crippen molar-refractivity contribution in [2.45, 2.75) is 77.9 Å².